The van der Waals surface area contributed by atoms with Gasteiger partial charge < -0.3 is 5.73 Å². The summed E-state index contributed by atoms with van der Waals surface area (Å²) in [6.07, 6.45) is 1.80. The molecular formula is C12H14Cl2N4S. The number of hydrogen-bond donors (Lipinski definition) is 1. The molecule has 2 heterocycles. The number of nitrogens with zero attached hydrogens (tertiary/aromatic N) is 3. The summed E-state index contributed by atoms with van der Waals surface area (Å²) in [5.74, 6) is 0.377. The quantitative estimate of drug-likeness (QED) is 0.531. The number of hydrogen-bond acceptors (Lipinski definition) is 5. The van der Waals surface area contributed by atoms with Gasteiger partial charge in [0.25, 0.3) is 0 Å². The highest BCUT2D eigenvalue weighted by molar-refractivity contribution is 7.99. The molecule has 0 spiro atoms. The Morgan fingerprint density at radius 2 is 2.05 bits per heavy atom. The highest BCUT2D eigenvalue weighted by atomic mass is 35.5. The van der Waals surface area contributed by atoms with Crippen LogP contribution < -0.4 is 5.73 Å². The van der Waals surface area contributed by atoms with Gasteiger partial charge in [-0.25, -0.2) is 9.97 Å². The lowest BCUT2D eigenvalue weighted by atomic mass is 10.2. The summed E-state index contributed by atoms with van der Waals surface area (Å²) in [6.45, 7) is 4.09. The molecule has 19 heavy (non-hydrogen) atoms. The van der Waals surface area contributed by atoms with Crippen molar-refractivity contribution < 1.29 is 0 Å². The molecule has 2 aromatic rings. The van der Waals surface area contributed by atoms with Crippen LogP contribution >= 0.6 is 35.8 Å². The van der Waals surface area contributed by atoms with Gasteiger partial charge in [0.05, 0.1) is 10.9 Å². The summed E-state index contributed by atoms with van der Waals surface area (Å²) >= 11 is 7.33. The van der Waals surface area contributed by atoms with E-state index < -0.39 is 0 Å². The maximum Gasteiger partial charge on any atom is 0.191 e. The number of aryl methyl sites for hydroxylation is 1. The molecule has 0 aliphatic carbocycles. The van der Waals surface area contributed by atoms with Gasteiger partial charge in [-0.05, 0) is 31.5 Å². The molecule has 0 saturated heterocycles. The minimum absolute atomic E-state index is 0. The molecule has 7 heteroatoms. The number of anilines is 1. The van der Waals surface area contributed by atoms with E-state index in [0.29, 0.717) is 16.1 Å². The molecule has 2 rings (SSSR count). The lowest BCUT2D eigenvalue weighted by Gasteiger charge is -2.10. The number of nitrogens with two attached hydrogens (primary N) is 1. The van der Waals surface area contributed by atoms with Crippen molar-refractivity contribution in [3.8, 4) is 0 Å². The van der Waals surface area contributed by atoms with Crippen molar-refractivity contribution in [3.63, 3.8) is 0 Å². The summed E-state index contributed by atoms with van der Waals surface area (Å²) in [5.41, 5.74) is 7.80. The van der Waals surface area contributed by atoms with Crippen LogP contribution in [0.4, 0.5) is 5.82 Å². The van der Waals surface area contributed by atoms with E-state index in [9.17, 15) is 0 Å². The molecule has 0 amide bonds. The number of halogens is 2. The average Bonchev–Trinajstić information content (AvgIpc) is 2.27. The first-order valence-corrected chi connectivity index (χ1v) is 6.69. The van der Waals surface area contributed by atoms with Gasteiger partial charge in [0.1, 0.15) is 11.0 Å². The Morgan fingerprint density at radius 1 is 1.32 bits per heavy atom. The number of thioether (sulfide) groups is 1. The fraction of sp³-hybridized carbons (Fsp3) is 0.250. The van der Waals surface area contributed by atoms with Crippen molar-refractivity contribution in [1.82, 2.24) is 15.0 Å². The molecular weight excluding hydrogens is 303 g/mol. The summed E-state index contributed by atoms with van der Waals surface area (Å²) in [7, 11) is 0. The number of nitrogen functional groups attached to an aromatic ring is 1. The van der Waals surface area contributed by atoms with E-state index in [2.05, 4.69) is 15.0 Å². The molecule has 0 aromatic carbocycles. The second kappa shape index (κ2) is 6.93. The number of pyridine rings is 1. The maximum atomic E-state index is 5.84. The second-order valence-electron chi connectivity index (χ2n) is 3.92. The van der Waals surface area contributed by atoms with Crippen molar-refractivity contribution in [2.75, 3.05) is 5.73 Å². The van der Waals surface area contributed by atoms with Gasteiger partial charge in [-0.3, -0.25) is 4.98 Å². The zero-order valence-electron chi connectivity index (χ0n) is 10.5. The third-order valence-corrected chi connectivity index (χ3v) is 3.51. The van der Waals surface area contributed by atoms with Crippen LogP contribution in [0.25, 0.3) is 0 Å². The number of rotatable bonds is 3. The standard InChI is InChI=1S/C12H13ClN4S.ClH/c1-7-3-4-15-9(5-7)8(2)18-12-16-10(13)6-11(14)17-12;/h3-6,8H,1-2H3,(H2,14,16,17);1H. The SMILES string of the molecule is Cc1ccnc(C(C)Sc2nc(N)cc(Cl)n2)c1.Cl. The molecule has 1 atom stereocenters. The van der Waals surface area contributed by atoms with Crippen LogP contribution in [0.15, 0.2) is 29.6 Å². The Morgan fingerprint density at radius 3 is 2.68 bits per heavy atom. The van der Waals surface area contributed by atoms with Crippen molar-refractivity contribution in [1.29, 1.82) is 0 Å². The minimum Gasteiger partial charge on any atom is -0.384 e. The zero-order valence-corrected chi connectivity index (χ0v) is 12.9. The highest BCUT2D eigenvalue weighted by Gasteiger charge is 2.12. The predicted octanol–water partition coefficient (Wildman–Crippen LogP) is 3.69. The monoisotopic (exact) mass is 316 g/mol. The Balaban J connectivity index is 0.00000180. The molecule has 0 aliphatic heterocycles. The van der Waals surface area contributed by atoms with E-state index in [0.717, 1.165) is 5.69 Å². The van der Waals surface area contributed by atoms with Gasteiger partial charge >= 0.3 is 0 Å². The van der Waals surface area contributed by atoms with Gasteiger partial charge in [0, 0.05) is 12.3 Å². The first-order valence-electron chi connectivity index (χ1n) is 5.44. The van der Waals surface area contributed by atoms with Gasteiger partial charge in [-0.15, -0.1) is 12.4 Å². The molecule has 2 N–H and O–H groups in total. The lowest BCUT2D eigenvalue weighted by molar-refractivity contribution is 0.943. The fourth-order valence-corrected chi connectivity index (χ4v) is 2.58. The molecule has 0 fully saturated rings. The number of aromatic nitrogens is 3. The van der Waals surface area contributed by atoms with Crippen LogP contribution in [-0.2, 0) is 0 Å². The van der Waals surface area contributed by atoms with E-state index in [1.54, 1.807) is 6.20 Å². The summed E-state index contributed by atoms with van der Waals surface area (Å²) in [6, 6.07) is 5.54. The van der Waals surface area contributed by atoms with Crippen LogP contribution in [0.2, 0.25) is 5.15 Å². The third-order valence-electron chi connectivity index (χ3n) is 2.33. The van der Waals surface area contributed by atoms with Crippen LogP contribution in [-0.4, -0.2) is 15.0 Å². The Hall–Kier alpha value is -1.04. The van der Waals surface area contributed by atoms with Crippen LogP contribution in [0.1, 0.15) is 23.4 Å². The van der Waals surface area contributed by atoms with Crippen molar-refractivity contribution in [2.24, 2.45) is 0 Å². The van der Waals surface area contributed by atoms with Gasteiger partial charge in [0.15, 0.2) is 5.16 Å². The molecule has 0 radical (unpaired) electrons. The summed E-state index contributed by atoms with van der Waals surface area (Å²) < 4.78 is 0. The van der Waals surface area contributed by atoms with Crippen molar-refractivity contribution >= 4 is 41.6 Å². The molecule has 0 aliphatic rings. The first kappa shape index (κ1) is 16.0. The van der Waals surface area contributed by atoms with Crippen molar-refractivity contribution in [2.45, 2.75) is 24.3 Å². The normalized spacial score (nSPS) is 11.7. The summed E-state index contributed by atoms with van der Waals surface area (Å²) in [5, 5.41) is 1.06. The van der Waals surface area contributed by atoms with E-state index in [1.807, 2.05) is 26.0 Å². The minimum atomic E-state index is 0. The molecule has 0 saturated carbocycles. The predicted molar refractivity (Wildman–Crippen MR) is 81.9 cm³/mol. The lowest BCUT2D eigenvalue weighted by Crippen LogP contribution is -1.98. The molecule has 1 unspecified atom stereocenters. The highest BCUT2D eigenvalue weighted by Crippen LogP contribution is 2.32. The summed E-state index contributed by atoms with van der Waals surface area (Å²) in [4.78, 5) is 12.6. The molecule has 2 aromatic heterocycles. The Bertz CT molecular complexity index is 545. The van der Waals surface area contributed by atoms with Gasteiger partial charge in [0.2, 0.25) is 0 Å². The van der Waals surface area contributed by atoms with Gasteiger partial charge in [-0.2, -0.15) is 0 Å². The van der Waals surface area contributed by atoms with E-state index in [1.165, 1.54) is 23.4 Å². The zero-order chi connectivity index (χ0) is 13.1. The molecule has 0 bridgehead atoms. The first-order chi connectivity index (χ1) is 8.54. The largest absolute Gasteiger partial charge is 0.384 e. The van der Waals surface area contributed by atoms with Crippen molar-refractivity contribution in [3.05, 3.63) is 40.8 Å². The Labute approximate surface area is 127 Å². The van der Waals surface area contributed by atoms with E-state index in [4.69, 9.17) is 17.3 Å². The molecule has 4 nitrogen and oxygen atoms in total. The average molecular weight is 317 g/mol. The maximum absolute atomic E-state index is 5.84. The smallest absolute Gasteiger partial charge is 0.191 e. The van der Waals surface area contributed by atoms with Gasteiger partial charge in [-0.1, -0.05) is 23.4 Å². The molecule has 102 valence electrons. The van der Waals surface area contributed by atoms with E-state index in [-0.39, 0.29) is 17.7 Å². The Kier molecular flexibility index (Phi) is 5.85. The van der Waals surface area contributed by atoms with Crippen LogP contribution in [0, 0.1) is 6.92 Å². The third kappa shape index (κ3) is 4.53. The van der Waals surface area contributed by atoms with E-state index >= 15 is 0 Å². The van der Waals surface area contributed by atoms with Crippen LogP contribution in [0.5, 0.6) is 0 Å². The topological polar surface area (TPSA) is 64.7 Å². The fourth-order valence-electron chi connectivity index (χ4n) is 1.47. The second-order valence-corrected chi connectivity index (χ2v) is 5.61. The van der Waals surface area contributed by atoms with Crippen LogP contribution in [0.3, 0.4) is 0 Å².